The Hall–Kier alpha value is -2.56. The van der Waals surface area contributed by atoms with Crippen LogP contribution in [0.1, 0.15) is 23.9 Å². The molecule has 0 radical (unpaired) electrons. The Bertz CT molecular complexity index is 649. The second-order valence-corrected chi connectivity index (χ2v) is 4.77. The van der Waals surface area contributed by atoms with Gasteiger partial charge in [-0.05, 0) is 31.2 Å². The zero-order valence-electron chi connectivity index (χ0n) is 11.0. The maximum absolute atomic E-state index is 12.6. The van der Waals surface area contributed by atoms with E-state index in [2.05, 4.69) is 5.32 Å². The van der Waals surface area contributed by atoms with Crippen molar-refractivity contribution in [1.82, 2.24) is 0 Å². The van der Waals surface area contributed by atoms with Crippen molar-refractivity contribution in [2.75, 3.05) is 10.2 Å². The van der Waals surface area contributed by atoms with Crippen molar-refractivity contribution in [2.45, 2.75) is 19.4 Å². The number of fused-ring (bicyclic) bond motifs is 1. The van der Waals surface area contributed by atoms with Crippen molar-refractivity contribution < 1.29 is 14.0 Å². The largest absolute Gasteiger partial charge is 0.459 e. The van der Waals surface area contributed by atoms with Gasteiger partial charge in [0.1, 0.15) is 0 Å². The first-order valence-electron chi connectivity index (χ1n) is 6.43. The molecular weight excluding hydrogens is 256 g/mol. The number of hydrogen-bond acceptors (Lipinski definition) is 3. The summed E-state index contributed by atoms with van der Waals surface area (Å²) in [6.07, 6.45) is 1.71. The Morgan fingerprint density at radius 2 is 2.10 bits per heavy atom. The minimum atomic E-state index is -0.244. The molecule has 1 aromatic carbocycles. The first kappa shape index (κ1) is 12.5. The van der Waals surface area contributed by atoms with Crippen molar-refractivity contribution in [3.8, 4) is 0 Å². The molecule has 5 heteroatoms. The lowest BCUT2D eigenvalue weighted by atomic mass is 10.1. The van der Waals surface area contributed by atoms with Crippen LogP contribution in [0, 0.1) is 0 Å². The summed E-state index contributed by atoms with van der Waals surface area (Å²) in [6, 6.07) is 10.3. The fourth-order valence-electron chi connectivity index (χ4n) is 2.42. The van der Waals surface area contributed by atoms with Crippen molar-refractivity contribution >= 4 is 23.2 Å². The van der Waals surface area contributed by atoms with E-state index in [4.69, 9.17) is 4.42 Å². The summed E-state index contributed by atoms with van der Waals surface area (Å²) in [5, 5.41) is 2.82. The highest BCUT2D eigenvalue weighted by Gasteiger charge is 2.31. The van der Waals surface area contributed by atoms with Crippen LogP contribution in [0.5, 0.6) is 0 Å². The molecule has 5 nitrogen and oxygen atoms in total. The van der Waals surface area contributed by atoms with Crippen LogP contribution in [-0.4, -0.2) is 17.9 Å². The maximum Gasteiger partial charge on any atom is 0.294 e. The van der Waals surface area contributed by atoms with E-state index in [1.807, 2.05) is 25.1 Å². The van der Waals surface area contributed by atoms with Crippen LogP contribution in [0.3, 0.4) is 0 Å². The number of rotatable bonds is 1. The maximum atomic E-state index is 12.6. The van der Waals surface area contributed by atoms with Gasteiger partial charge in [0.05, 0.1) is 17.6 Å². The molecule has 2 heterocycles. The third kappa shape index (κ3) is 2.07. The van der Waals surface area contributed by atoms with Crippen molar-refractivity contribution in [2.24, 2.45) is 0 Å². The van der Waals surface area contributed by atoms with E-state index in [9.17, 15) is 9.59 Å². The fourth-order valence-corrected chi connectivity index (χ4v) is 2.42. The van der Waals surface area contributed by atoms with Crippen LogP contribution in [0.2, 0.25) is 0 Å². The zero-order chi connectivity index (χ0) is 14.1. The van der Waals surface area contributed by atoms with Gasteiger partial charge in [0.25, 0.3) is 5.91 Å². The van der Waals surface area contributed by atoms with Gasteiger partial charge in [-0.15, -0.1) is 0 Å². The minimum absolute atomic E-state index is 0.0975. The normalized spacial score (nSPS) is 18.1. The summed E-state index contributed by atoms with van der Waals surface area (Å²) in [5.74, 6) is -0.0767. The molecule has 2 aromatic rings. The fraction of sp³-hybridized carbons (Fsp3) is 0.200. The molecule has 1 aliphatic rings. The lowest BCUT2D eigenvalue weighted by molar-refractivity contribution is -0.116. The van der Waals surface area contributed by atoms with E-state index in [1.165, 1.54) is 6.26 Å². The van der Waals surface area contributed by atoms with E-state index in [-0.39, 0.29) is 30.0 Å². The molecule has 0 bridgehead atoms. The molecule has 1 N–H and O–H groups in total. The molecule has 3 rings (SSSR count). The van der Waals surface area contributed by atoms with Gasteiger partial charge < -0.3 is 14.6 Å². The van der Waals surface area contributed by atoms with Crippen LogP contribution in [0.4, 0.5) is 11.4 Å². The molecule has 0 aliphatic carbocycles. The molecule has 20 heavy (non-hydrogen) atoms. The molecule has 1 atom stereocenters. The highest BCUT2D eigenvalue weighted by molar-refractivity contribution is 6.09. The lowest BCUT2D eigenvalue weighted by Crippen LogP contribution is -2.38. The standard InChI is InChI=1S/C15H14N2O3/c1-10-9-14(18)16-11-5-2-3-6-12(11)17(10)15(19)13-7-4-8-20-13/h2-8,10H,9H2,1H3,(H,16,18)/t10-/m0/s1. The van der Waals surface area contributed by atoms with E-state index >= 15 is 0 Å². The molecular formula is C15H14N2O3. The minimum Gasteiger partial charge on any atom is -0.459 e. The van der Waals surface area contributed by atoms with E-state index in [0.29, 0.717) is 11.4 Å². The number of carbonyl (C=O) groups is 2. The van der Waals surface area contributed by atoms with Crippen LogP contribution >= 0.6 is 0 Å². The summed E-state index contributed by atoms with van der Waals surface area (Å²) in [6.45, 7) is 1.85. The third-order valence-corrected chi connectivity index (χ3v) is 3.31. The Morgan fingerprint density at radius 1 is 1.30 bits per heavy atom. The number of benzene rings is 1. The molecule has 0 unspecified atom stereocenters. The summed E-state index contributed by atoms with van der Waals surface area (Å²) in [5.41, 5.74) is 1.33. The van der Waals surface area contributed by atoms with Crippen LogP contribution in [-0.2, 0) is 4.79 Å². The van der Waals surface area contributed by atoms with Crippen molar-refractivity contribution in [1.29, 1.82) is 0 Å². The molecule has 2 amide bonds. The number of hydrogen-bond donors (Lipinski definition) is 1. The Kier molecular flexibility index (Phi) is 3.02. The van der Waals surface area contributed by atoms with Gasteiger partial charge in [-0.25, -0.2) is 0 Å². The summed E-state index contributed by atoms with van der Waals surface area (Å²) >= 11 is 0. The summed E-state index contributed by atoms with van der Waals surface area (Å²) in [4.78, 5) is 26.0. The van der Waals surface area contributed by atoms with Gasteiger partial charge in [-0.2, -0.15) is 0 Å². The lowest BCUT2D eigenvalue weighted by Gasteiger charge is -2.26. The van der Waals surface area contributed by atoms with Gasteiger partial charge >= 0.3 is 0 Å². The number of anilines is 2. The molecule has 1 aromatic heterocycles. The van der Waals surface area contributed by atoms with Crippen LogP contribution in [0.25, 0.3) is 0 Å². The molecule has 0 saturated carbocycles. The van der Waals surface area contributed by atoms with Crippen molar-refractivity contribution in [3.63, 3.8) is 0 Å². The van der Waals surface area contributed by atoms with Gasteiger partial charge in [0, 0.05) is 12.5 Å². The number of nitrogens with one attached hydrogen (secondary N) is 1. The van der Waals surface area contributed by atoms with E-state index in [0.717, 1.165) is 0 Å². The third-order valence-electron chi connectivity index (χ3n) is 3.31. The molecule has 0 spiro atoms. The van der Waals surface area contributed by atoms with Gasteiger partial charge in [-0.3, -0.25) is 9.59 Å². The summed E-state index contributed by atoms with van der Waals surface area (Å²) in [7, 11) is 0. The average Bonchev–Trinajstić information content (AvgIpc) is 2.90. The number of nitrogens with zero attached hydrogens (tertiary/aromatic N) is 1. The van der Waals surface area contributed by atoms with E-state index in [1.54, 1.807) is 23.1 Å². The predicted octanol–water partition coefficient (Wildman–Crippen LogP) is 2.66. The summed E-state index contributed by atoms with van der Waals surface area (Å²) < 4.78 is 5.18. The Morgan fingerprint density at radius 3 is 2.85 bits per heavy atom. The van der Waals surface area contributed by atoms with Crippen LogP contribution < -0.4 is 10.2 Å². The predicted molar refractivity (Wildman–Crippen MR) is 74.7 cm³/mol. The zero-order valence-corrected chi connectivity index (χ0v) is 11.0. The number of furan rings is 1. The molecule has 0 saturated heterocycles. The van der Waals surface area contributed by atoms with Gasteiger partial charge in [0.2, 0.25) is 5.91 Å². The molecule has 1 aliphatic heterocycles. The van der Waals surface area contributed by atoms with Crippen molar-refractivity contribution in [3.05, 3.63) is 48.4 Å². The van der Waals surface area contributed by atoms with Crippen LogP contribution in [0.15, 0.2) is 47.1 Å². The first-order valence-corrected chi connectivity index (χ1v) is 6.43. The quantitative estimate of drug-likeness (QED) is 0.866. The number of carbonyl (C=O) groups excluding carboxylic acids is 2. The van der Waals surface area contributed by atoms with Gasteiger partial charge in [0.15, 0.2) is 5.76 Å². The molecule has 0 fully saturated rings. The second-order valence-electron chi connectivity index (χ2n) is 4.77. The highest BCUT2D eigenvalue weighted by atomic mass is 16.3. The SMILES string of the molecule is C[C@H]1CC(=O)Nc2ccccc2N1C(=O)c1ccco1. The Labute approximate surface area is 116 Å². The Balaban J connectivity index is 2.08. The topological polar surface area (TPSA) is 62.6 Å². The monoisotopic (exact) mass is 270 g/mol. The molecule has 102 valence electrons. The van der Waals surface area contributed by atoms with Gasteiger partial charge in [-0.1, -0.05) is 12.1 Å². The van der Waals surface area contributed by atoms with E-state index < -0.39 is 0 Å². The first-order chi connectivity index (χ1) is 9.66. The number of amides is 2. The highest BCUT2D eigenvalue weighted by Crippen LogP contribution is 2.32. The smallest absolute Gasteiger partial charge is 0.294 e. The average molecular weight is 270 g/mol. The number of para-hydroxylation sites is 2. The second kappa shape index (κ2) is 4.85.